The van der Waals surface area contributed by atoms with Crippen molar-refractivity contribution in [1.82, 2.24) is 5.32 Å². The number of fused-ring (bicyclic) bond motifs is 1. The van der Waals surface area contributed by atoms with Crippen molar-refractivity contribution in [2.75, 3.05) is 0 Å². The number of amides is 1. The van der Waals surface area contributed by atoms with Gasteiger partial charge in [0.25, 0.3) is 5.91 Å². The summed E-state index contributed by atoms with van der Waals surface area (Å²) >= 11 is 0. The minimum absolute atomic E-state index is 0.0141. The molecule has 0 bridgehead atoms. The van der Waals surface area contributed by atoms with E-state index in [9.17, 15) is 9.59 Å². The van der Waals surface area contributed by atoms with E-state index >= 15 is 0 Å². The number of aryl methyl sites for hydroxylation is 1. The van der Waals surface area contributed by atoms with Crippen LogP contribution < -0.4 is 10.7 Å². The van der Waals surface area contributed by atoms with Crippen LogP contribution in [-0.4, -0.2) is 5.91 Å². The maximum Gasteiger partial charge on any atom is 0.287 e. The van der Waals surface area contributed by atoms with Crippen LogP contribution in [0, 0.1) is 6.92 Å². The minimum Gasteiger partial charge on any atom is -0.467 e. The van der Waals surface area contributed by atoms with Gasteiger partial charge < -0.3 is 14.2 Å². The summed E-state index contributed by atoms with van der Waals surface area (Å²) in [4.78, 5) is 24.3. The van der Waals surface area contributed by atoms with Crippen LogP contribution in [0.4, 0.5) is 0 Å². The lowest BCUT2D eigenvalue weighted by atomic mass is 10.1. The van der Waals surface area contributed by atoms with Crippen LogP contribution in [0.15, 0.2) is 56.3 Å². The molecular formula is C17H15NO4. The molecule has 2 heterocycles. The molecule has 22 heavy (non-hydrogen) atoms. The molecule has 2 aromatic heterocycles. The van der Waals surface area contributed by atoms with E-state index in [-0.39, 0.29) is 17.2 Å². The summed E-state index contributed by atoms with van der Waals surface area (Å²) in [5.74, 6) is 0.162. The second-order valence-corrected chi connectivity index (χ2v) is 5.19. The van der Waals surface area contributed by atoms with Crippen molar-refractivity contribution in [3.8, 4) is 0 Å². The molecule has 112 valence electrons. The Labute approximate surface area is 126 Å². The van der Waals surface area contributed by atoms with Crippen LogP contribution in [-0.2, 0) is 0 Å². The summed E-state index contributed by atoms with van der Waals surface area (Å²) in [5.41, 5.74) is 1.12. The Morgan fingerprint density at radius 2 is 2.05 bits per heavy atom. The molecule has 0 aliphatic heterocycles. The van der Waals surface area contributed by atoms with E-state index in [4.69, 9.17) is 8.83 Å². The monoisotopic (exact) mass is 297 g/mol. The molecule has 3 rings (SSSR count). The number of nitrogens with one attached hydrogen (secondary N) is 1. The van der Waals surface area contributed by atoms with Crippen LogP contribution >= 0.6 is 0 Å². The molecule has 0 aliphatic rings. The molecule has 5 nitrogen and oxygen atoms in total. The largest absolute Gasteiger partial charge is 0.467 e. The Balaban J connectivity index is 1.91. The normalized spacial score (nSPS) is 12.3. The molecule has 0 unspecified atom stereocenters. The van der Waals surface area contributed by atoms with Crippen molar-refractivity contribution in [2.45, 2.75) is 19.9 Å². The van der Waals surface area contributed by atoms with Gasteiger partial charge in [-0.15, -0.1) is 0 Å². The van der Waals surface area contributed by atoms with Gasteiger partial charge in [0.2, 0.25) is 0 Å². The van der Waals surface area contributed by atoms with Gasteiger partial charge >= 0.3 is 0 Å². The van der Waals surface area contributed by atoms with Crippen LogP contribution in [0.3, 0.4) is 0 Å². The van der Waals surface area contributed by atoms with Gasteiger partial charge in [0, 0.05) is 6.07 Å². The van der Waals surface area contributed by atoms with E-state index in [1.165, 1.54) is 12.3 Å². The van der Waals surface area contributed by atoms with Crippen molar-refractivity contribution in [1.29, 1.82) is 0 Å². The Morgan fingerprint density at radius 3 is 2.77 bits per heavy atom. The van der Waals surface area contributed by atoms with Gasteiger partial charge in [0.05, 0.1) is 17.7 Å². The fraction of sp³-hybridized carbons (Fsp3) is 0.176. The molecule has 0 spiro atoms. The number of carbonyl (C=O) groups is 1. The van der Waals surface area contributed by atoms with Crippen molar-refractivity contribution >= 4 is 16.9 Å². The van der Waals surface area contributed by atoms with E-state index in [2.05, 4.69) is 5.32 Å². The topological polar surface area (TPSA) is 72.5 Å². The Kier molecular flexibility index (Phi) is 3.55. The van der Waals surface area contributed by atoms with Crippen molar-refractivity contribution in [3.63, 3.8) is 0 Å². The lowest BCUT2D eigenvalue weighted by Gasteiger charge is -2.11. The van der Waals surface area contributed by atoms with E-state index < -0.39 is 5.91 Å². The van der Waals surface area contributed by atoms with Gasteiger partial charge in [0.15, 0.2) is 11.2 Å². The summed E-state index contributed by atoms with van der Waals surface area (Å²) in [7, 11) is 0. The maximum atomic E-state index is 12.2. The first-order valence-electron chi connectivity index (χ1n) is 6.93. The number of rotatable bonds is 3. The number of benzene rings is 1. The van der Waals surface area contributed by atoms with Crippen molar-refractivity contribution < 1.29 is 13.6 Å². The standard InChI is InChI=1S/C17H15NO4/c1-10-5-6-15-12(8-10)13(19)9-16(22-15)17(20)18-11(2)14-4-3-7-21-14/h3-9,11H,1-2H3,(H,18,20)/t11-/m0/s1. The van der Waals surface area contributed by atoms with Crippen LogP contribution in [0.1, 0.15) is 34.8 Å². The summed E-state index contributed by atoms with van der Waals surface area (Å²) in [6.45, 7) is 3.68. The number of hydrogen-bond acceptors (Lipinski definition) is 4. The predicted octanol–water partition coefficient (Wildman–Crippen LogP) is 3.19. The summed E-state index contributed by atoms with van der Waals surface area (Å²) in [6.07, 6.45) is 1.54. The fourth-order valence-electron chi connectivity index (χ4n) is 2.26. The Bertz CT molecular complexity index is 877. The fourth-order valence-corrected chi connectivity index (χ4v) is 2.26. The Morgan fingerprint density at radius 1 is 1.23 bits per heavy atom. The molecule has 0 saturated heterocycles. The smallest absolute Gasteiger partial charge is 0.287 e. The zero-order valence-electron chi connectivity index (χ0n) is 12.3. The van der Waals surface area contributed by atoms with Crippen LogP contribution in [0.25, 0.3) is 11.0 Å². The molecule has 0 aliphatic carbocycles. The zero-order valence-corrected chi connectivity index (χ0v) is 12.3. The average Bonchev–Trinajstić information content (AvgIpc) is 3.02. The minimum atomic E-state index is -0.455. The van der Waals surface area contributed by atoms with E-state index in [1.54, 1.807) is 31.2 Å². The predicted molar refractivity (Wildman–Crippen MR) is 81.8 cm³/mol. The third-order valence-electron chi connectivity index (χ3n) is 3.42. The lowest BCUT2D eigenvalue weighted by Crippen LogP contribution is -2.27. The molecule has 1 amide bonds. The zero-order chi connectivity index (χ0) is 15.7. The highest BCUT2D eigenvalue weighted by molar-refractivity contribution is 5.93. The van der Waals surface area contributed by atoms with Crippen LogP contribution in [0.5, 0.6) is 0 Å². The molecule has 5 heteroatoms. The molecule has 1 atom stereocenters. The van der Waals surface area contributed by atoms with Crippen LogP contribution in [0.2, 0.25) is 0 Å². The third kappa shape index (κ3) is 2.65. The van der Waals surface area contributed by atoms with Gasteiger partial charge in [-0.2, -0.15) is 0 Å². The summed E-state index contributed by atoms with van der Waals surface area (Å²) in [5, 5.41) is 3.20. The number of carbonyl (C=O) groups excluding carboxylic acids is 1. The van der Waals surface area contributed by atoms with Gasteiger partial charge in [-0.1, -0.05) is 11.6 Å². The first kappa shape index (κ1) is 14.1. The second kappa shape index (κ2) is 5.52. The highest BCUT2D eigenvalue weighted by Gasteiger charge is 2.17. The highest BCUT2D eigenvalue weighted by Crippen LogP contribution is 2.16. The van der Waals surface area contributed by atoms with E-state index in [0.29, 0.717) is 16.7 Å². The maximum absolute atomic E-state index is 12.2. The second-order valence-electron chi connectivity index (χ2n) is 5.19. The molecule has 0 saturated carbocycles. The Hall–Kier alpha value is -2.82. The number of furan rings is 1. The SMILES string of the molecule is Cc1ccc2oc(C(=O)N[C@@H](C)c3ccco3)cc(=O)c2c1. The van der Waals surface area contributed by atoms with Gasteiger partial charge in [-0.25, -0.2) is 0 Å². The summed E-state index contributed by atoms with van der Waals surface area (Å²) < 4.78 is 10.8. The van der Waals surface area contributed by atoms with Crippen molar-refractivity contribution in [3.05, 3.63) is 70.0 Å². The number of hydrogen-bond donors (Lipinski definition) is 1. The van der Waals surface area contributed by atoms with Crippen molar-refractivity contribution in [2.24, 2.45) is 0 Å². The summed E-state index contributed by atoms with van der Waals surface area (Å²) in [6, 6.07) is 9.68. The molecule has 3 aromatic rings. The average molecular weight is 297 g/mol. The lowest BCUT2D eigenvalue weighted by molar-refractivity contribution is 0.0908. The van der Waals surface area contributed by atoms with E-state index in [0.717, 1.165) is 5.56 Å². The first-order valence-corrected chi connectivity index (χ1v) is 6.93. The first-order chi connectivity index (χ1) is 10.5. The van der Waals surface area contributed by atoms with Gasteiger partial charge in [0.1, 0.15) is 11.3 Å². The quantitative estimate of drug-likeness (QED) is 0.806. The van der Waals surface area contributed by atoms with Gasteiger partial charge in [-0.3, -0.25) is 9.59 Å². The van der Waals surface area contributed by atoms with Gasteiger partial charge in [-0.05, 0) is 38.1 Å². The third-order valence-corrected chi connectivity index (χ3v) is 3.42. The van der Waals surface area contributed by atoms with E-state index in [1.807, 2.05) is 13.0 Å². The molecular weight excluding hydrogens is 282 g/mol. The highest BCUT2D eigenvalue weighted by atomic mass is 16.3. The molecule has 0 fully saturated rings. The molecule has 0 radical (unpaired) electrons. The molecule has 1 aromatic carbocycles. The molecule has 1 N–H and O–H groups in total.